The molecular formula is C22H27N3O3S. The molecule has 2 heterocycles. The van der Waals surface area contributed by atoms with Crippen LogP contribution in [0.3, 0.4) is 0 Å². The van der Waals surface area contributed by atoms with E-state index in [9.17, 15) is 9.59 Å². The molecule has 154 valence electrons. The first-order valence-electron chi connectivity index (χ1n) is 9.61. The van der Waals surface area contributed by atoms with E-state index in [1.54, 1.807) is 11.7 Å². The zero-order valence-electron chi connectivity index (χ0n) is 17.3. The second-order valence-electron chi connectivity index (χ2n) is 8.10. The van der Waals surface area contributed by atoms with E-state index in [1.807, 2.05) is 17.5 Å². The third-order valence-electron chi connectivity index (χ3n) is 4.95. The Labute approximate surface area is 174 Å². The molecule has 1 aromatic carbocycles. The van der Waals surface area contributed by atoms with Crippen molar-refractivity contribution in [3.8, 4) is 11.1 Å². The highest BCUT2D eigenvalue weighted by Gasteiger charge is 2.18. The average Bonchev–Trinajstić information content (AvgIpc) is 3.09. The van der Waals surface area contributed by atoms with Crippen LogP contribution < -0.4 is 11.3 Å². The Morgan fingerprint density at radius 1 is 1.24 bits per heavy atom. The number of aromatic nitrogens is 2. The lowest BCUT2D eigenvalue weighted by Crippen LogP contribution is -2.28. The molecule has 0 saturated heterocycles. The number of hydrogen-bond donors (Lipinski definition) is 1. The van der Waals surface area contributed by atoms with E-state index < -0.39 is 5.91 Å². The largest absolute Gasteiger partial charge is 0.384 e. The zero-order chi connectivity index (χ0) is 21.2. The topological polar surface area (TPSA) is 87.2 Å². The number of primary amides is 1. The fourth-order valence-corrected chi connectivity index (χ4v) is 4.22. The summed E-state index contributed by atoms with van der Waals surface area (Å²) in [5.74, 6) is 0.167. The zero-order valence-corrected chi connectivity index (χ0v) is 18.1. The Balaban J connectivity index is 2.12. The Morgan fingerprint density at radius 3 is 2.52 bits per heavy atom. The highest BCUT2D eigenvalue weighted by atomic mass is 32.1. The molecule has 0 radical (unpaired) electrons. The summed E-state index contributed by atoms with van der Waals surface area (Å²) in [5.41, 5.74) is 8.32. The van der Waals surface area contributed by atoms with Gasteiger partial charge in [-0.05, 0) is 16.5 Å². The fourth-order valence-electron chi connectivity index (χ4n) is 3.27. The number of ether oxygens (including phenoxy) is 1. The molecule has 29 heavy (non-hydrogen) atoms. The van der Waals surface area contributed by atoms with Crippen LogP contribution in [-0.4, -0.2) is 29.2 Å². The van der Waals surface area contributed by atoms with Crippen LogP contribution in [0.1, 0.15) is 38.6 Å². The van der Waals surface area contributed by atoms with Gasteiger partial charge in [0.25, 0.3) is 5.56 Å². The molecule has 0 saturated carbocycles. The van der Waals surface area contributed by atoms with Crippen molar-refractivity contribution < 1.29 is 9.53 Å². The van der Waals surface area contributed by atoms with E-state index in [4.69, 9.17) is 15.5 Å². The number of carbonyl (C=O) groups is 1. The van der Waals surface area contributed by atoms with Gasteiger partial charge in [0.05, 0.1) is 12.0 Å². The van der Waals surface area contributed by atoms with Crippen molar-refractivity contribution in [3.05, 3.63) is 51.4 Å². The fraction of sp³-hybridized carbons (Fsp3) is 0.409. The van der Waals surface area contributed by atoms with Gasteiger partial charge in [0.15, 0.2) is 0 Å². The average molecular weight is 414 g/mol. The Kier molecular flexibility index (Phi) is 6.19. The molecule has 0 aliphatic carbocycles. The maximum atomic E-state index is 13.3. The SMILES string of the molecule is COCCc1nc2scc(-c3ccc(C(C)(C)C)cc3)c2c(=O)n1CCC(N)=O. The maximum absolute atomic E-state index is 13.3. The number of carbonyl (C=O) groups excluding carboxylic acids is 1. The number of hydrogen-bond acceptors (Lipinski definition) is 5. The van der Waals surface area contributed by atoms with E-state index in [0.717, 1.165) is 11.1 Å². The van der Waals surface area contributed by atoms with Crippen molar-refractivity contribution in [1.82, 2.24) is 9.55 Å². The van der Waals surface area contributed by atoms with Crippen molar-refractivity contribution in [1.29, 1.82) is 0 Å². The van der Waals surface area contributed by atoms with Crippen molar-refractivity contribution in [2.45, 2.75) is 45.6 Å². The van der Waals surface area contributed by atoms with Crippen LogP contribution in [0.4, 0.5) is 0 Å². The molecule has 0 aliphatic heterocycles. The molecule has 3 rings (SSSR count). The second-order valence-corrected chi connectivity index (χ2v) is 8.96. The molecule has 0 fully saturated rings. The van der Waals surface area contributed by atoms with E-state index >= 15 is 0 Å². The first-order chi connectivity index (χ1) is 13.7. The molecule has 0 aliphatic rings. The van der Waals surface area contributed by atoms with Crippen molar-refractivity contribution in [2.24, 2.45) is 5.73 Å². The lowest BCUT2D eigenvalue weighted by molar-refractivity contribution is -0.118. The quantitative estimate of drug-likeness (QED) is 0.642. The first-order valence-corrected chi connectivity index (χ1v) is 10.5. The normalized spacial score (nSPS) is 11.9. The summed E-state index contributed by atoms with van der Waals surface area (Å²) < 4.78 is 6.71. The Morgan fingerprint density at radius 2 is 1.93 bits per heavy atom. The van der Waals surface area contributed by atoms with Gasteiger partial charge in [0.1, 0.15) is 10.7 Å². The molecule has 0 atom stereocenters. The van der Waals surface area contributed by atoms with Gasteiger partial charge in [-0.25, -0.2) is 4.98 Å². The van der Waals surface area contributed by atoms with Crippen LogP contribution in [0.15, 0.2) is 34.4 Å². The lowest BCUT2D eigenvalue weighted by atomic mass is 9.86. The van der Waals surface area contributed by atoms with E-state index in [1.165, 1.54) is 16.9 Å². The maximum Gasteiger partial charge on any atom is 0.262 e. The highest BCUT2D eigenvalue weighted by Crippen LogP contribution is 2.32. The number of thiophene rings is 1. The van der Waals surface area contributed by atoms with E-state index in [0.29, 0.717) is 29.1 Å². The molecule has 0 bridgehead atoms. The highest BCUT2D eigenvalue weighted by molar-refractivity contribution is 7.17. The number of nitrogens with two attached hydrogens (primary N) is 1. The Hall–Kier alpha value is -2.51. The van der Waals surface area contributed by atoms with Crippen LogP contribution in [0.5, 0.6) is 0 Å². The monoisotopic (exact) mass is 413 g/mol. The predicted molar refractivity (Wildman–Crippen MR) is 117 cm³/mol. The number of methoxy groups -OCH3 is 1. The summed E-state index contributed by atoms with van der Waals surface area (Å²) in [5, 5.41) is 2.56. The van der Waals surface area contributed by atoms with Gasteiger partial charge in [-0.1, -0.05) is 45.0 Å². The van der Waals surface area contributed by atoms with Gasteiger partial charge < -0.3 is 10.5 Å². The summed E-state index contributed by atoms with van der Waals surface area (Å²) in [6, 6.07) is 8.30. The van der Waals surface area contributed by atoms with Crippen LogP contribution in [0.25, 0.3) is 21.3 Å². The second kappa shape index (κ2) is 8.47. The smallest absolute Gasteiger partial charge is 0.262 e. The number of nitrogens with zero attached hydrogens (tertiary/aromatic N) is 2. The lowest BCUT2D eigenvalue weighted by Gasteiger charge is -2.19. The minimum absolute atomic E-state index is 0.0640. The molecule has 0 spiro atoms. The summed E-state index contributed by atoms with van der Waals surface area (Å²) in [6.07, 6.45) is 0.584. The van der Waals surface area contributed by atoms with Crippen LogP contribution in [-0.2, 0) is 27.9 Å². The third kappa shape index (κ3) is 4.57. The number of fused-ring (bicyclic) bond motifs is 1. The molecule has 7 heteroatoms. The summed E-state index contributed by atoms with van der Waals surface area (Å²) in [6.45, 7) is 7.18. The van der Waals surface area contributed by atoms with Gasteiger partial charge in [-0.3, -0.25) is 14.2 Å². The van der Waals surface area contributed by atoms with Crippen molar-refractivity contribution in [2.75, 3.05) is 13.7 Å². The van der Waals surface area contributed by atoms with E-state index in [2.05, 4.69) is 32.9 Å². The molecule has 0 unspecified atom stereocenters. The van der Waals surface area contributed by atoms with Crippen LogP contribution in [0, 0.1) is 0 Å². The van der Waals surface area contributed by atoms with Crippen molar-refractivity contribution in [3.63, 3.8) is 0 Å². The predicted octanol–water partition coefficient (Wildman–Crippen LogP) is 3.49. The molecule has 2 aromatic heterocycles. The molecule has 1 amide bonds. The van der Waals surface area contributed by atoms with Gasteiger partial charge in [0, 0.05) is 37.4 Å². The first kappa shape index (κ1) is 21.2. The summed E-state index contributed by atoms with van der Waals surface area (Å²) in [4.78, 5) is 30.0. The van der Waals surface area contributed by atoms with Gasteiger partial charge in [-0.15, -0.1) is 11.3 Å². The van der Waals surface area contributed by atoms with Gasteiger partial charge >= 0.3 is 0 Å². The van der Waals surface area contributed by atoms with Crippen molar-refractivity contribution >= 4 is 27.5 Å². The minimum atomic E-state index is -0.446. The number of amides is 1. The van der Waals surface area contributed by atoms with Crippen LogP contribution >= 0.6 is 11.3 Å². The molecule has 6 nitrogen and oxygen atoms in total. The number of benzene rings is 1. The van der Waals surface area contributed by atoms with Crippen LogP contribution in [0.2, 0.25) is 0 Å². The summed E-state index contributed by atoms with van der Waals surface area (Å²) >= 11 is 1.46. The Bertz CT molecular complexity index is 1080. The van der Waals surface area contributed by atoms with Gasteiger partial charge in [-0.2, -0.15) is 0 Å². The standard InChI is InChI=1S/C22H27N3O3S/c1-22(2,3)15-7-5-14(6-8-15)16-13-29-20-19(16)21(27)25(11-9-17(23)26)18(24-20)10-12-28-4/h5-8,13H,9-12H2,1-4H3,(H2,23,26). The van der Waals surface area contributed by atoms with Gasteiger partial charge in [0.2, 0.25) is 5.91 Å². The number of rotatable bonds is 7. The third-order valence-corrected chi connectivity index (χ3v) is 5.82. The molecule has 3 aromatic rings. The van der Waals surface area contributed by atoms with E-state index in [-0.39, 0.29) is 23.9 Å². The minimum Gasteiger partial charge on any atom is -0.384 e. The molecule has 2 N–H and O–H groups in total. The summed E-state index contributed by atoms with van der Waals surface area (Å²) in [7, 11) is 1.61. The molecular weight excluding hydrogens is 386 g/mol.